The number of Topliss-reactive ketones (excluding diaryl/α,β-unsaturated/α-hetero) is 1. The number of aryl methyl sites for hydroxylation is 1. The van der Waals surface area contributed by atoms with Crippen LogP contribution in [0.4, 0.5) is 0 Å². The van der Waals surface area contributed by atoms with Crippen molar-refractivity contribution in [1.82, 2.24) is 4.90 Å². The first-order chi connectivity index (χ1) is 12.7. The first kappa shape index (κ1) is 18.5. The number of carbonyl (C=O) groups excluding carboxylic acids is 2. The fraction of sp³-hybridized carbons (Fsp3) is 0.333. The largest absolute Gasteiger partial charge is 0.496 e. The molecule has 1 unspecified atom stereocenters. The van der Waals surface area contributed by atoms with Crippen molar-refractivity contribution in [2.24, 2.45) is 0 Å². The van der Waals surface area contributed by atoms with Gasteiger partial charge in [-0.3, -0.25) is 9.59 Å². The Morgan fingerprint density at radius 1 is 1.15 bits per heavy atom. The van der Waals surface area contributed by atoms with Crippen LogP contribution >= 0.6 is 11.8 Å². The highest BCUT2D eigenvalue weighted by Crippen LogP contribution is 2.33. The molecular formula is C21H23NO3S. The minimum Gasteiger partial charge on any atom is -0.496 e. The van der Waals surface area contributed by atoms with E-state index in [9.17, 15) is 9.59 Å². The van der Waals surface area contributed by atoms with E-state index in [-0.39, 0.29) is 23.6 Å². The SMILES string of the molecule is COc1ccccc1CSC1CC(=O)N1CC(=O)CCc1ccccc1. The Hall–Kier alpha value is -2.27. The van der Waals surface area contributed by atoms with E-state index < -0.39 is 0 Å². The van der Waals surface area contributed by atoms with Crippen LogP contribution < -0.4 is 4.74 Å². The number of thioether (sulfide) groups is 1. The molecule has 1 amide bonds. The number of methoxy groups -OCH3 is 1. The Morgan fingerprint density at radius 2 is 1.88 bits per heavy atom. The summed E-state index contributed by atoms with van der Waals surface area (Å²) in [7, 11) is 1.66. The van der Waals surface area contributed by atoms with Crippen LogP contribution in [0.2, 0.25) is 0 Å². The third kappa shape index (κ3) is 4.67. The van der Waals surface area contributed by atoms with Gasteiger partial charge in [0.15, 0.2) is 5.78 Å². The maximum absolute atomic E-state index is 12.3. The van der Waals surface area contributed by atoms with Gasteiger partial charge in [-0.25, -0.2) is 0 Å². The minimum absolute atomic E-state index is 0.0654. The topological polar surface area (TPSA) is 46.6 Å². The zero-order valence-electron chi connectivity index (χ0n) is 14.9. The average Bonchev–Trinajstić information content (AvgIpc) is 2.68. The lowest BCUT2D eigenvalue weighted by Crippen LogP contribution is -2.52. The summed E-state index contributed by atoms with van der Waals surface area (Å²) in [6, 6.07) is 17.9. The Kier molecular flexibility index (Phi) is 6.34. The predicted molar refractivity (Wildman–Crippen MR) is 104 cm³/mol. The molecule has 1 fully saturated rings. The summed E-state index contributed by atoms with van der Waals surface area (Å²) in [4.78, 5) is 25.9. The van der Waals surface area contributed by atoms with Gasteiger partial charge in [0, 0.05) is 17.7 Å². The highest BCUT2D eigenvalue weighted by molar-refractivity contribution is 7.99. The molecule has 1 atom stereocenters. The Morgan fingerprint density at radius 3 is 2.62 bits per heavy atom. The summed E-state index contributed by atoms with van der Waals surface area (Å²) < 4.78 is 5.37. The number of benzene rings is 2. The van der Waals surface area contributed by atoms with E-state index in [2.05, 4.69) is 0 Å². The first-order valence-electron chi connectivity index (χ1n) is 8.76. The van der Waals surface area contributed by atoms with Crippen LogP contribution in [0.25, 0.3) is 0 Å². The third-order valence-corrected chi connectivity index (χ3v) is 5.81. The van der Waals surface area contributed by atoms with Crippen LogP contribution in [0.3, 0.4) is 0 Å². The number of β-lactam (4-membered cyclic amide) rings is 1. The lowest BCUT2D eigenvalue weighted by molar-refractivity contribution is -0.144. The summed E-state index contributed by atoms with van der Waals surface area (Å²) in [5.74, 6) is 1.80. The van der Waals surface area contributed by atoms with Gasteiger partial charge in [-0.1, -0.05) is 48.5 Å². The van der Waals surface area contributed by atoms with E-state index in [4.69, 9.17) is 4.74 Å². The van der Waals surface area contributed by atoms with Crippen LogP contribution in [0.5, 0.6) is 5.75 Å². The second kappa shape index (κ2) is 8.90. The average molecular weight is 369 g/mol. The van der Waals surface area contributed by atoms with Gasteiger partial charge < -0.3 is 9.64 Å². The standard InChI is InChI=1S/C21H23NO3S/c1-25-19-10-6-5-9-17(19)15-26-21-13-20(24)22(21)14-18(23)12-11-16-7-3-2-4-8-16/h2-10,21H,11-15H2,1H3. The molecule has 2 aromatic carbocycles. The molecule has 0 radical (unpaired) electrons. The molecule has 136 valence electrons. The highest BCUT2D eigenvalue weighted by Gasteiger charge is 2.37. The molecule has 3 rings (SSSR count). The summed E-state index contributed by atoms with van der Waals surface area (Å²) >= 11 is 1.69. The maximum Gasteiger partial charge on any atom is 0.226 e. The summed E-state index contributed by atoms with van der Waals surface area (Å²) in [6.07, 6.45) is 1.70. The maximum atomic E-state index is 12.3. The summed E-state index contributed by atoms with van der Waals surface area (Å²) in [5, 5.41) is 0.0769. The van der Waals surface area contributed by atoms with Crippen molar-refractivity contribution >= 4 is 23.5 Å². The minimum atomic E-state index is 0.0654. The van der Waals surface area contributed by atoms with Gasteiger partial charge in [0.05, 0.1) is 25.4 Å². The number of carbonyl (C=O) groups is 2. The van der Waals surface area contributed by atoms with Gasteiger partial charge in [0.2, 0.25) is 5.91 Å². The van der Waals surface area contributed by atoms with Gasteiger partial charge in [0.25, 0.3) is 0 Å². The third-order valence-electron chi connectivity index (χ3n) is 4.52. The van der Waals surface area contributed by atoms with Crippen LogP contribution in [-0.4, -0.2) is 35.6 Å². The van der Waals surface area contributed by atoms with Crippen molar-refractivity contribution in [2.45, 2.75) is 30.4 Å². The molecule has 5 heteroatoms. The van der Waals surface area contributed by atoms with Gasteiger partial charge >= 0.3 is 0 Å². The molecule has 0 N–H and O–H groups in total. The van der Waals surface area contributed by atoms with Gasteiger partial charge in [-0.05, 0) is 18.1 Å². The molecule has 0 bridgehead atoms. The fourth-order valence-corrected chi connectivity index (χ4v) is 4.21. The number of amides is 1. The molecule has 0 spiro atoms. The molecule has 1 aliphatic heterocycles. The summed E-state index contributed by atoms with van der Waals surface area (Å²) in [6.45, 7) is 0.218. The zero-order chi connectivity index (χ0) is 18.4. The quantitative estimate of drug-likeness (QED) is 0.633. The number of ether oxygens (including phenoxy) is 1. The monoisotopic (exact) mass is 369 g/mol. The van der Waals surface area contributed by atoms with Crippen LogP contribution in [0.15, 0.2) is 54.6 Å². The summed E-state index contributed by atoms with van der Waals surface area (Å²) in [5.41, 5.74) is 2.26. The van der Waals surface area contributed by atoms with Crippen molar-refractivity contribution in [3.8, 4) is 5.75 Å². The van der Waals surface area contributed by atoms with E-state index in [0.29, 0.717) is 12.8 Å². The van der Waals surface area contributed by atoms with Crippen molar-refractivity contribution in [3.63, 3.8) is 0 Å². The number of likely N-dealkylation sites (tertiary alicyclic amines) is 1. The number of para-hydroxylation sites is 1. The van der Waals surface area contributed by atoms with Gasteiger partial charge in [0.1, 0.15) is 5.75 Å². The van der Waals surface area contributed by atoms with Crippen molar-refractivity contribution in [1.29, 1.82) is 0 Å². The normalized spacial score (nSPS) is 16.3. The lowest BCUT2D eigenvalue weighted by Gasteiger charge is -2.39. The molecular weight excluding hydrogens is 346 g/mol. The number of ketones is 1. The Balaban J connectivity index is 1.48. The molecule has 1 heterocycles. The molecule has 4 nitrogen and oxygen atoms in total. The van der Waals surface area contributed by atoms with Gasteiger partial charge in [-0.2, -0.15) is 0 Å². The molecule has 0 aliphatic carbocycles. The van der Waals surface area contributed by atoms with E-state index in [1.807, 2.05) is 54.6 Å². The fourth-order valence-electron chi connectivity index (χ4n) is 2.97. The molecule has 1 saturated heterocycles. The van der Waals surface area contributed by atoms with E-state index in [0.717, 1.165) is 29.1 Å². The predicted octanol–water partition coefficient (Wildman–Crippen LogP) is 3.69. The van der Waals surface area contributed by atoms with Crippen LogP contribution in [0, 0.1) is 0 Å². The van der Waals surface area contributed by atoms with Crippen molar-refractivity contribution < 1.29 is 14.3 Å². The smallest absolute Gasteiger partial charge is 0.226 e. The Labute approximate surface area is 158 Å². The number of nitrogens with zero attached hydrogens (tertiary/aromatic N) is 1. The number of hydrogen-bond donors (Lipinski definition) is 0. The zero-order valence-corrected chi connectivity index (χ0v) is 15.7. The lowest BCUT2D eigenvalue weighted by atomic mass is 10.1. The van der Waals surface area contributed by atoms with E-state index in [1.165, 1.54) is 0 Å². The molecule has 0 aromatic heterocycles. The highest BCUT2D eigenvalue weighted by atomic mass is 32.2. The van der Waals surface area contributed by atoms with E-state index >= 15 is 0 Å². The molecule has 1 aliphatic rings. The number of rotatable bonds is 9. The Bertz CT molecular complexity index is 763. The number of hydrogen-bond acceptors (Lipinski definition) is 4. The van der Waals surface area contributed by atoms with Crippen LogP contribution in [-0.2, 0) is 21.8 Å². The van der Waals surface area contributed by atoms with Crippen molar-refractivity contribution in [2.75, 3.05) is 13.7 Å². The van der Waals surface area contributed by atoms with Crippen molar-refractivity contribution in [3.05, 3.63) is 65.7 Å². The molecule has 2 aromatic rings. The molecule has 26 heavy (non-hydrogen) atoms. The second-order valence-electron chi connectivity index (χ2n) is 6.33. The van der Waals surface area contributed by atoms with E-state index in [1.54, 1.807) is 23.8 Å². The van der Waals surface area contributed by atoms with Crippen LogP contribution in [0.1, 0.15) is 24.0 Å². The second-order valence-corrected chi connectivity index (χ2v) is 7.49. The molecule has 0 saturated carbocycles. The van der Waals surface area contributed by atoms with Gasteiger partial charge in [-0.15, -0.1) is 11.8 Å². The first-order valence-corrected chi connectivity index (χ1v) is 9.81.